The third-order valence-corrected chi connectivity index (χ3v) is 4.80. The molecule has 1 unspecified atom stereocenters. The van der Waals surface area contributed by atoms with Crippen LogP contribution in [0.2, 0.25) is 0 Å². The Morgan fingerprint density at radius 3 is 2.63 bits per heavy atom. The molecule has 0 aliphatic carbocycles. The molecule has 2 N–H and O–H groups in total. The first-order chi connectivity index (χ1) is 9.12. The Morgan fingerprint density at radius 1 is 1.21 bits per heavy atom. The lowest BCUT2D eigenvalue weighted by Crippen LogP contribution is -2.35. The molecule has 1 atom stereocenters. The summed E-state index contributed by atoms with van der Waals surface area (Å²) in [7, 11) is -1.88. The number of ether oxygens (including phenoxy) is 1. The molecule has 1 aromatic carbocycles. The monoisotopic (exact) mass is 284 g/mol. The Kier molecular flexibility index (Phi) is 4.79. The van der Waals surface area contributed by atoms with E-state index in [1.54, 1.807) is 31.4 Å². The Labute approximate surface area is 114 Å². The summed E-state index contributed by atoms with van der Waals surface area (Å²) >= 11 is 0. The van der Waals surface area contributed by atoms with Gasteiger partial charge in [0.05, 0.1) is 12.0 Å². The molecule has 1 aromatic rings. The topological polar surface area (TPSA) is 67.4 Å². The van der Waals surface area contributed by atoms with Gasteiger partial charge in [-0.3, -0.25) is 0 Å². The van der Waals surface area contributed by atoms with Crippen molar-refractivity contribution < 1.29 is 13.2 Å². The molecule has 19 heavy (non-hydrogen) atoms. The van der Waals surface area contributed by atoms with E-state index in [-0.39, 0.29) is 10.9 Å². The van der Waals surface area contributed by atoms with Crippen LogP contribution in [-0.4, -0.2) is 34.7 Å². The summed E-state index contributed by atoms with van der Waals surface area (Å²) in [6, 6.07) is 6.46. The van der Waals surface area contributed by atoms with E-state index < -0.39 is 10.0 Å². The number of rotatable bonds is 4. The number of methoxy groups -OCH3 is 1. The van der Waals surface area contributed by atoms with Crippen LogP contribution in [0.25, 0.3) is 0 Å². The second-order valence-electron chi connectivity index (χ2n) is 4.67. The predicted molar refractivity (Wildman–Crippen MR) is 73.8 cm³/mol. The van der Waals surface area contributed by atoms with Crippen molar-refractivity contribution in [3.05, 3.63) is 24.3 Å². The van der Waals surface area contributed by atoms with Gasteiger partial charge < -0.3 is 10.1 Å². The lowest BCUT2D eigenvalue weighted by Gasteiger charge is -2.16. The molecule has 1 aliphatic heterocycles. The first kappa shape index (κ1) is 14.3. The molecule has 1 heterocycles. The molecule has 6 heteroatoms. The van der Waals surface area contributed by atoms with Crippen molar-refractivity contribution in [1.82, 2.24) is 10.0 Å². The first-order valence-electron chi connectivity index (χ1n) is 6.49. The summed E-state index contributed by atoms with van der Waals surface area (Å²) in [6.45, 7) is 1.82. The third-order valence-electron chi connectivity index (χ3n) is 3.27. The zero-order valence-corrected chi connectivity index (χ0v) is 11.9. The van der Waals surface area contributed by atoms with Gasteiger partial charge in [-0.2, -0.15) is 0 Å². The number of sulfonamides is 1. The van der Waals surface area contributed by atoms with E-state index in [0.29, 0.717) is 5.75 Å². The minimum Gasteiger partial charge on any atom is -0.497 e. The summed E-state index contributed by atoms with van der Waals surface area (Å²) in [6.07, 6.45) is 2.70. The molecule has 1 fully saturated rings. The summed E-state index contributed by atoms with van der Waals surface area (Å²) in [4.78, 5) is 0.283. The van der Waals surface area contributed by atoms with E-state index in [1.807, 2.05) is 0 Å². The maximum Gasteiger partial charge on any atom is 0.240 e. The predicted octanol–water partition coefficient (Wildman–Crippen LogP) is 1.12. The number of nitrogens with one attached hydrogen (secondary N) is 2. The highest BCUT2D eigenvalue weighted by molar-refractivity contribution is 7.89. The lowest BCUT2D eigenvalue weighted by atomic mass is 10.1. The fraction of sp³-hybridized carbons (Fsp3) is 0.538. The summed E-state index contributed by atoms with van der Waals surface area (Å²) < 4.78 is 32.3. The lowest BCUT2D eigenvalue weighted by molar-refractivity contribution is 0.414. The molecule has 0 bridgehead atoms. The van der Waals surface area contributed by atoms with Crippen LogP contribution in [0, 0.1) is 0 Å². The number of benzene rings is 1. The summed E-state index contributed by atoms with van der Waals surface area (Å²) in [5, 5.41) is 3.27. The van der Waals surface area contributed by atoms with Crippen molar-refractivity contribution in [1.29, 1.82) is 0 Å². The van der Waals surface area contributed by atoms with Gasteiger partial charge >= 0.3 is 0 Å². The van der Waals surface area contributed by atoms with E-state index in [1.165, 1.54) is 0 Å². The molecule has 1 aliphatic rings. The Morgan fingerprint density at radius 2 is 1.95 bits per heavy atom. The largest absolute Gasteiger partial charge is 0.497 e. The Hall–Kier alpha value is -1.11. The van der Waals surface area contributed by atoms with Crippen molar-refractivity contribution in [3.63, 3.8) is 0 Å². The molecule has 0 spiro atoms. The van der Waals surface area contributed by atoms with Gasteiger partial charge in [0.25, 0.3) is 0 Å². The highest BCUT2D eigenvalue weighted by Gasteiger charge is 2.20. The fourth-order valence-electron chi connectivity index (χ4n) is 2.18. The standard InChI is InChI=1S/C13H20N2O3S/c1-18-12-4-6-13(7-5-12)19(16,17)15-11-3-2-9-14-10-8-11/h4-7,11,14-15H,2-3,8-10H2,1H3. The van der Waals surface area contributed by atoms with Crippen LogP contribution in [0.1, 0.15) is 19.3 Å². The summed E-state index contributed by atoms with van der Waals surface area (Å²) in [5.74, 6) is 0.651. The van der Waals surface area contributed by atoms with Crippen LogP contribution < -0.4 is 14.8 Å². The van der Waals surface area contributed by atoms with Crippen molar-refractivity contribution in [3.8, 4) is 5.75 Å². The second-order valence-corrected chi connectivity index (χ2v) is 6.39. The average molecular weight is 284 g/mol. The number of hydrogen-bond acceptors (Lipinski definition) is 4. The van der Waals surface area contributed by atoms with Gasteiger partial charge in [0.15, 0.2) is 0 Å². The smallest absolute Gasteiger partial charge is 0.240 e. The van der Waals surface area contributed by atoms with Crippen molar-refractivity contribution in [2.45, 2.75) is 30.2 Å². The molecule has 0 radical (unpaired) electrons. The number of hydrogen-bond donors (Lipinski definition) is 2. The molecule has 0 amide bonds. The van der Waals surface area contributed by atoms with E-state index >= 15 is 0 Å². The molecule has 106 valence electrons. The van der Waals surface area contributed by atoms with Crippen LogP contribution in [0.5, 0.6) is 5.75 Å². The van der Waals surface area contributed by atoms with Gasteiger partial charge in [0.2, 0.25) is 10.0 Å². The second kappa shape index (κ2) is 6.36. The van der Waals surface area contributed by atoms with Gasteiger partial charge in [-0.25, -0.2) is 13.1 Å². The molecule has 0 saturated carbocycles. The van der Waals surface area contributed by atoms with E-state index in [0.717, 1.165) is 32.4 Å². The van der Waals surface area contributed by atoms with Crippen LogP contribution in [0.3, 0.4) is 0 Å². The van der Waals surface area contributed by atoms with Gasteiger partial charge in [0, 0.05) is 6.04 Å². The van der Waals surface area contributed by atoms with Crippen LogP contribution in [0.4, 0.5) is 0 Å². The maximum atomic E-state index is 12.2. The third kappa shape index (κ3) is 3.92. The van der Waals surface area contributed by atoms with Crippen LogP contribution >= 0.6 is 0 Å². The van der Waals surface area contributed by atoms with E-state index in [9.17, 15) is 8.42 Å². The van der Waals surface area contributed by atoms with Gasteiger partial charge in [-0.05, 0) is 56.6 Å². The van der Waals surface area contributed by atoms with E-state index in [4.69, 9.17) is 4.74 Å². The molecule has 2 rings (SSSR count). The zero-order chi connectivity index (χ0) is 13.7. The van der Waals surface area contributed by atoms with E-state index in [2.05, 4.69) is 10.0 Å². The Balaban J connectivity index is 2.07. The van der Waals surface area contributed by atoms with Crippen molar-refractivity contribution in [2.24, 2.45) is 0 Å². The van der Waals surface area contributed by atoms with Crippen LogP contribution in [0.15, 0.2) is 29.2 Å². The summed E-state index contributed by atoms with van der Waals surface area (Å²) in [5.41, 5.74) is 0. The normalized spacial score (nSPS) is 20.8. The minimum absolute atomic E-state index is 0.0158. The zero-order valence-electron chi connectivity index (χ0n) is 11.1. The van der Waals surface area contributed by atoms with Crippen molar-refractivity contribution >= 4 is 10.0 Å². The van der Waals surface area contributed by atoms with Gasteiger partial charge in [-0.15, -0.1) is 0 Å². The highest BCUT2D eigenvalue weighted by Crippen LogP contribution is 2.17. The van der Waals surface area contributed by atoms with Gasteiger partial charge in [-0.1, -0.05) is 0 Å². The Bertz CT molecular complexity index is 491. The SMILES string of the molecule is COc1ccc(S(=O)(=O)NC2CCCNCC2)cc1. The van der Waals surface area contributed by atoms with Crippen LogP contribution in [-0.2, 0) is 10.0 Å². The average Bonchev–Trinajstić information content (AvgIpc) is 2.67. The quantitative estimate of drug-likeness (QED) is 0.869. The molecular weight excluding hydrogens is 264 g/mol. The molecule has 0 aromatic heterocycles. The van der Waals surface area contributed by atoms with Gasteiger partial charge in [0.1, 0.15) is 5.75 Å². The fourth-order valence-corrected chi connectivity index (χ4v) is 3.48. The minimum atomic E-state index is -3.43. The molecular formula is C13H20N2O3S. The highest BCUT2D eigenvalue weighted by atomic mass is 32.2. The maximum absolute atomic E-state index is 12.2. The molecule has 5 nitrogen and oxygen atoms in total. The van der Waals surface area contributed by atoms with Crippen molar-refractivity contribution in [2.75, 3.05) is 20.2 Å². The first-order valence-corrected chi connectivity index (χ1v) is 7.97. The molecule has 1 saturated heterocycles.